The van der Waals surface area contributed by atoms with Crippen molar-refractivity contribution < 1.29 is 4.79 Å². The summed E-state index contributed by atoms with van der Waals surface area (Å²) >= 11 is 1.19. The number of thioether (sulfide) groups is 1. The van der Waals surface area contributed by atoms with E-state index in [-0.39, 0.29) is 11.3 Å². The maximum absolute atomic E-state index is 11.8. The lowest BCUT2D eigenvalue weighted by atomic mass is 10.2. The van der Waals surface area contributed by atoms with Gasteiger partial charge in [-0.3, -0.25) is 4.79 Å². The second kappa shape index (κ2) is 8.66. The van der Waals surface area contributed by atoms with Crippen LogP contribution in [0.1, 0.15) is 25.8 Å². The topological polar surface area (TPSA) is 67.1 Å². The Hall–Kier alpha value is -1.46. The van der Waals surface area contributed by atoms with E-state index in [1.807, 2.05) is 38.1 Å². The Kier molecular flexibility index (Phi) is 7.18. The van der Waals surface area contributed by atoms with E-state index in [2.05, 4.69) is 17.2 Å². The minimum Gasteiger partial charge on any atom is -0.385 e. The molecule has 1 aromatic carbocycles. The van der Waals surface area contributed by atoms with Gasteiger partial charge in [0, 0.05) is 28.7 Å². The highest BCUT2D eigenvalue weighted by Crippen LogP contribution is 2.26. The molecule has 5 heteroatoms. The van der Waals surface area contributed by atoms with Gasteiger partial charge in [0.1, 0.15) is 0 Å². The highest BCUT2D eigenvalue weighted by atomic mass is 32.2. The molecule has 0 saturated carbocycles. The number of hydrogen-bond acceptors (Lipinski definition) is 4. The predicted molar refractivity (Wildman–Crippen MR) is 86.7 cm³/mol. The molecule has 0 heterocycles. The van der Waals surface area contributed by atoms with E-state index in [0.29, 0.717) is 6.54 Å². The van der Waals surface area contributed by atoms with E-state index < -0.39 is 0 Å². The summed E-state index contributed by atoms with van der Waals surface area (Å²) < 4.78 is 0. The smallest absolute Gasteiger partial charge is 0.284 e. The molecule has 0 aliphatic rings. The van der Waals surface area contributed by atoms with Gasteiger partial charge in [-0.1, -0.05) is 24.8 Å². The van der Waals surface area contributed by atoms with E-state index in [9.17, 15) is 4.79 Å². The average Bonchev–Trinajstić information content (AvgIpc) is 2.38. The van der Waals surface area contributed by atoms with Crippen LogP contribution < -0.4 is 16.4 Å². The van der Waals surface area contributed by atoms with Crippen LogP contribution in [-0.4, -0.2) is 24.4 Å². The third kappa shape index (κ3) is 5.67. The van der Waals surface area contributed by atoms with Crippen molar-refractivity contribution in [1.82, 2.24) is 10.6 Å². The van der Waals surface area contributed by atoms with Gasteiger partial charge in [-0.05, 0) is 44.6 Å². The molecule has 4 nitrogen and oxygen atoms in total. The quantitative estimate of drug-likeness (QED) is 0.534. The van der Waals surface area contributed by atoms with Gasteiger partial charge in [-0.2, -0.15) is 0 Å². The molecule has 0 unspecified atom stereocenters. The van der Waals surface area contributed by atoms with Gasteiger partial charge in [0.15, 0.2) is 0 Å². The van der Waals surface area contributed by atoms with Crippen LogP contribution in [0.5, 0.6) is 0 Å². The zero-order valence-electron chi connectivity index (χ0n) is 12.1. The van der Waals surface area contributed by atoms with Crippen molar-refractivity contribution in [2.45, 2.75) is 31.2 Å². The van der Waals surface area contributed by atoms with Crippen LogP contribution in [0.3, 0.4) is 0 Å². The van der Waals surface area contributed by atoms with Gasteiger partial charge in [0.25, 0.3) is 5.24 Å². The van der Waals surface area contributed by atoms with Crippen LogP contribution in [-0.2, 0) is 0 Å². The summed E-state index contributed by atoms with van der Waals surface area (Å²) in [5.74, 6) is 0. The molecule has 0 spiro atoms. The summed E-state index contributed by atoms with van der Waals surface area (Å²) in [6, 6.07) is 7.88. The van der Waals surface area contributed by atoms with Gasteiger partial charge >= 0.3 is 0 Å². The average molecular weight is 293 g/mol. The van der Waals surface area contributed by atoms with Crippen LogP contribution >= 0.6 is 11.8 Å². The second-order valence-electron chi connectivity index (χ2n) is 4.73. The van der Waals surface area contributed by atoms with E-state index in [1.54, 1.807) is 0 Å². The lowest BCUT2D eigenvalue weighted by Crippen LogP contribution is -2.26. The molecular formula is C15H23N3OS. The molecule has 0 saturated heterocycles. The van der Waals surface area contributed by atoms with Gasteiger partial charge in [-0.15, -0.1) is 0 Å². The molecule has 0 aliphatic heterocycles. The number of carbonyl (C=O) groups is 1. The number of rotatable bonds is 7. The van der Waals surface area contributed by atoms with Gasteiger partial charge in [-0.25, -0.2) is 0 Å². The van der Waals surface area contributed by atoms with Crippen LogP contribution in [0.2, 0.25) is 0 Å². The molecule has 0 aromatic heterocycles. The Morgan fingerprint density at radius 2 is 2.10 bits per heavy atom. The van der Waals surface area contributed by atoms with Crippen molar-refractivity contribution in [2.24, 2.45) is 5.73 Å². The number of benzene rings is 1. The largest absolute Gasteiger partial charge is 0.385 e. The number of nitrogens with one attached hydrogen (secondary N) is 2. The first-order chi connectivity index (χ1) is 9.54. The second-order valence-corrected chi connectivity index (χ2v) is 5.75. The van der Waals surface area contributed by atoms with Gasteiger partial charge < -0.3 is 16.4 Å². The predicted octanol–water partition coefficient (Wildman–Crippen LogP) is 2.81. The third-order valence-electron chi connectivity index (χ3n) is 2.54. The Morgan fingerprint density at radius 3 is 2.75 bits per heavy atom. The molecule has 20 heavy (non-hydrogen) atoms. The molecule has 4 N–H and O–H groups in total. The highest BCUT2D eigenvalue weighted by Gasteiger charge is 2.11. The van der Waals surface area contributed by atoms with Crippen LogP contribution in [0, 0.1) is 0 Å². The SMILES string of the molecule is C=C(NCCCN)c1ccccc1SC(=O)NC(C)C. The minimum atomic E-state index is -0.0535. The lowest BCUT2D eigenvalue weighted by molar-refractivity contribution is 0.259. The zero-order chi connectivity index (χ0) is 15.0. The summed E-state index contributed by atoms with van der Waals surface area (Å²) in [5, 5.41) is 6.05. The number of nitrogens with two attached hydrogens (primary N) is 1. The Morgan fingerprint density at radius 1 is 1.40 bits per heavy atom. The molecule has 0 bridgehead atoms. The van der Waals surface area contributed by atoms with E-state index >= 15 is 0 Å². The van der Waals surface area contributed by atoms with Crippen molar-refractivity contribution >= 4 is 22.7 Å². The van der Waals surface area contributed by atoms with E-state index in [0.717, 1.165) is 29.1 Å². The fourth-order valence-electron chi connectivity index (χ4n) is 1.61. The fourth-order valence-corrected chi connectivity index (χ4v) is 2.55. The summed E-state index contributed by atoms with van der Waals surface area (Å²) in [6.07, 6.45) is 0.891. The number of carbonyl (C=O) groups excluding carboxylic acids is 1. The standard InChI is InChI=1S/C15H23N3OS/c1-11(2)18-15(19)20-14-8-5-4-7-13(14)12(3)17-10-6-9-16/h4-5,7-8,11,17H,3,6,9-10,16H2,1-2H3,(H,18,19). The third-order valence-corrected chi connectivity index (χ3v) is 3.42. The summed E-state index contributed by atoms with van der Waals surface area (Å²) in [4.78, 5) is 12.7. The number of amides is 1. The molecule has 1 aromatic rings. The van der Waals surface area contributed by atoms with E-state index in [4.69, 9.17) is 5.73 Å². The maximum Gasteiger partial charge on any atom is 0.284 e. The first-order valence-electron chi connectivity index (χ1n) is 6.75. The minimum absolute atomic E-state index is 0.0535. The fraction of sp³-hybridized carbons (Fsp3) is 0.400. The molecule has 1 rings (SSSR count). The Bertz CT molecular complexity index is 460. The summed E-state index contributed by atoms with van der Waals surface area (Å²) in [7, 11) is 0. The van der Waals surface area contributed by atoms with Crippen molar-refractivity contribution in [3.63, 3.8) is 0 Å². The molecule has 0 aliphatic carbocycles. The first-order valence-corrected chi connectivity index (χ1v) is 7.56. The molecule has 0 radical (unpaired) electrons. The molecule has 0 atom stereocenters. The van der Waals surface area contributed by atoms with Crippen molar-refractivity contribution in [3.05, 3.63) is 36.4 Å². The van der Waals surface area contributed by atoms with Crippen molar-refractivity contribution in [1.29, 1.82) is 0 Å². The van der Waals surface area contributed by atoms with Gasteiger partial charge in [0.2, 0.25) is 0 Å². The zero-order valence-corrected chi connectivity index (χ0v) is 12.9. The Balaban J connectivity index is 2.72. The van der Waals surface area contributed by atoms with Gasteiger partial charge in [0.05, 0.1) is 0 Å². The van der Waals surface area contributed by atoms with Crippen molar-refractivity contribution in [2.75, 3.05) is 13.1 Å². The van der Waals surface area contributed by atoms with Crippen LogP contribution in [0.25, 0.3) is 5.70 Å². The first kappa shape index (κ1) is 16.6. The maximum atomic E-state index is 11.8. The van der Waals surface area contributed by atoms with Crippen LogP contribution in [0.4, 0.5) is 4.79 Å². The summed E-state index contributed by atoms with van der Waals surface area (Å²) in [6.45, 7) is 9.34. The monoisotopic (exact) mass is 293 g/mol. The highest BCUT2D eigenvalue weighted by molar-refractivity contribution is 8.13. The molecule has 110 valence electrons. The van der Waals surface area contributed by atoms with E-state index in [1.165, 1.54) is 11.8 Å². The summed E-state index contributed by atoms with van der Waals surface area (Å²) in [5.41, 5.74) is 7.24. The molecule has 0 fully saturated rings. The Labute approximate surface area is 125 Å². The number of hydrogen-bond donors (Lipinski definition) is 3. The molecular weight excluding hydrogens is 270 g/mol. The van der Waals surface area contributed by atoms with Crippen molar-refractivity contribution in [3.8, 4) is 0 Å². The van der Waals surface area contributed by atoms with Crippen LogP contribution in [0.15, 0.2) is 35.7 Å². The molecule has 1 amide bonds. The normalized spacial score (nSPS) is 10.4. The lowest BCUT2D eigenvalue weighted by Gasteiger charge is -2.14.